The molecule has 3 aromatic heterocycles. The summed E-state index contributed by atoms with van der Waals surface area (Å²) in [5.74, 6) is -0.588. The molecular formula is C21H15FN10O. The third-order valence-electron chi connectivity index (χ3n) is 4.78. The Hall–Kier alpha value is -5.10. The Bertz CT molecular complexity index is 1520. The number of benzene rings is 1. The van der Waals surface area contributed by atoms with Crippen molar-refractivity contribution in [2.24, 2.45) is 0 Å². The van der Waals surface area contributed by atoms with E-state index in [1.54, 1.807) is 12.1 Å². The van der Waals surface area contributed by atoms with Gasteiger partial charge in [-0.15, -0.1) is 0 Å². The quantitative estimate of drug-likeness (QED) is 0.406. The lowest BCUT2D eigenvalue weighted by molar-refractivity contribution is 0.634. The van der Waals surface area contributed by atoms with Crippen LogP contribution in [0.5, 0.6) is 0 Å². The SMILES string of the molecule is N#Cc1c(N)nc(N)nc1NCCc1nc2c(F)ccc(C#N)c2c(=O)n1-c1cccnc1. The van der Waals surface area contributed by atoms with E-state index in [1.807, 2.05) is 12.1 Å². The zero-order valence-corrected chi connectivity index (χ0v) is 16.9. The van der Waals surface area contributed by atoms with Crippen molar-refractivity contribution < 1.29 is 4.39 Å². The maximum atomic E-state index is 14.5. The fourth-order valence-electron chi connectivity index (χ4n) is 3.34. The first-order valence-corrected chi connectivity index (χ1v) is 9.56. The minimum atomic E-state index is -0.725. The molecule has 5 N–H and O–H groups in total. The molecule has 0 bridgehead atoms. The summed E-state index contributed by atoms with van der Waals surface area (Å²) in [6.45, 7) is 0.141. The van der Waals surface area contributed by atoms with Crippen LogP contribution in [0.25, 0.3) is 16.6 Å². The van der Waals surface area contributed by atoms with Gasteiger partial charge in [0.1, 0.15) is 40.7 Å². The second kappa shape index (κ2) is 8.56. The lowest BCUT2D eigenvalue weighted by Gasteiger charge is -2.15. The van der Waals surface area contributed by atoms with Crippen LogP contribution in [0.1, 0.15) is 17.0 Å². The summed E-state index contributed by atoms with van der Waals surface area (Å²) < 4.78 is 15.8. The van der Waals surface area contributed by atoms with Gasteiger partial charge in [0.15, 0.2) is 5.82 Å². The third kappa shape index (κ3) is 3.84. The molecule has 162 valence electrons. The number of aromatic nitrogens is 5. The minimum absolute atomic E-state index is 0.0109. The second-order valence-electron chi connectivity index (χ2n) is 6.79. The monoisotopic (exact) mass is 442 g/mol. The van der Waals surface area contributed by atoms with Crippen molar-refractivity contribution in [3.05, 3.63) is 69.8 Å². The summed E-state index contributed by atoms with van der Waals surface area (Å²) in [6, 6.07) is 9.42. The van der Waals surface area contributed by atoms with Gasteiger partial charge in [-0.05, 0) is 24.3 Å². The van der Waals surface area contributed by atoms with E-state index in [0.29, 0.717) is 5.69 Å². The van der Waals surface area contributed by atoms with E-state index in [0.717, 1.165) is 6.07 Å². The topological polar surface area (TPSA) is 185 Å². The van der Waals surface area contributed by atoms with Crippen molar-refractivity contribution in [1.29, 1.82) is 10.5 Å². The highest BCUT2D eigenvalue weighted by atomic mass is 19.1. The van der Waals surface area contributed by atoms with Crippen molar-refractivity contribution in [2.75, 3.05) is 23.3 Å². The summed E-state index contributed by atoms with van der Waals surface area (Å²) in [5, 5.41) is 21.5. The molecule has 0 radical (unpaired) electrons. The molecule has 33 heavy (non-hydrogen) atoms. The van der Waals surface area contributed by atoms with Crippen LogP contribution in [-0.4, -0.2) is 31.0 Å². The number of nitrogen functional groups attached to an aromatic ring is 2. The smallest absolute Gasteiger partial charge is 0.267 e. The Kier molecular flexibility index (Phi) is 5.49. The van der Waals surface area contributed by atoms with Gasteiger partial charge in [0, 0.05) is 19.2 Å². The molecule has 11 nitrogen and oxygen atoms in total. The van der Waals surface area contributed by atoms with Crippen LogP contribution in [0.3, 0.4) is 0 Å². The molecule has 1 aromatic carbocycles. The molecule has 0 unspecified atom stereocenters. The normalized spacial score (nSPS) is 10.5. The van der Waals surface area contributed by atoms with Crippen molar-refractivity contribution in [3.8, 4) is 17.8 Å². The van der Waals surface area contributed by atoms with Crippen LogP contribution in [0.15, 0.2) is 41.5 Å². The predicted molar refractivity (Wildman–Crippen MR) is 118 cm³/mol. The summed E-state index contributed by atoms with van der Waals surface area (Å²) >= 11 is 0. The Morgan fingerprint density at radius 1 is 1.12 bits per heavy atom. The van der Waals surface area contributed by atoms with Crippen molar-refractivity contribution in [2.45, 2.75) is 6.42 Å². The van der Waals surface area contributed by atoms with E-state index in [9.17, 15) is 19.7 Å². The number of rotatable bonds is 5. The molecule has 0 saturated heterocycles. The highest BCUT2D eigenvalue weighted by molar-refractivity contribution is 5.84. The van der Waals surface area contributed by atoms with Crippen molar-refractivity contribution in [3.63, 3.8) is 0 Å². The molecule has 0 aliphatic carbocycles. The van der Waals surface area contributed by atoms with Crippen LogP contribution in [0.2, 0.25) is 0 Å². The standard InChI is InChI=1S/C21H15FN10O/c22-14-4-3-11(8-23)16-17(14)29-15(32(20(16)33)12-2-1-6-27-10-12)5-7-28-19-13(9-24)18(25)30-21(26)31-19/h1-4,6,10H,5,7H2,(H5,25,26,28,30,31). The largest absolute Gasteiger partial charge is 0.382 e. The van der Waals surface area contributed by atoms with Gasteiger partial charge in [0.25, 0.3) is 5.56 Å². The molecule has 0 spiro atoms. The Labute approximate surface area is 185 Å². The first-order chi connectivity index (χ1) is 15.9. The van der Waals surface area contributed by atoms with Crippen LogP contribution >= 0.6 is 0 Å². The van der Waals surface area contributed by atoms with Gasteiger partial charge < -0.3 is 16.8 Å². The number of pyridine rings is 1. The van der Waals surface area contributed by atoms with Gasteiger partial charge in [0.2, 0.25) is 5.95 Å². The molecule has 0 fully saturated rings. The Morgan fingerprint density at radius 3 is 2.64 bits per heavy atom. The fourth-order valence-corrected chi connectivity index (χ4v) is 3.34. The Balaban J connectivity index is 1.81. The molecule has 0 atom stereocenters. The van der Waals surface area contributed by atoms with Crippen molar-refractivity contribution in [1.82, 2.24) is 24.5 Å². The number of nitrogens with zero attached hydrogens (tertiary/aromatic N) is 7. The minimum Gasteiger partial charge on any atom is -0.382 e. The first-order valence-electron chi connectivity index (χ1n) is 9.56. The number of hydrogen-bond donors (Lipinski definition) is 3. The van der Waals surface area contributed by atoms with Crippen LogP contribution < -0.4 is 22.3 Å². The average Bonchev–Trinajstić information content (AvgIpc) is 2.80. The molecule has 0 saturated carbocycles. The Morgan fingerprint density at radius 2 is 1.94 bits per heavy atom. The molecule has 0 amide bonds. The molecular weight excluding hydrogens is 427 g/mol. The summed E-state index contributed by atoms with van der Waals surface area (Å²) in [4.78, 5) is 29.5. The van der Waals surface area contributed by atoms with E-state index < -0.39 is 11.4 Å². The maximum Gasteiger partial charge on any atom is 0.267 e. The van der Waals surface area contributed by atoms with Crippen LogP contribution in [-0.2, 0) is 6.42 Å². The number of nitriles is 2. The highest BCUT2D eigenvalue weighted by Gasteiger charge is 2.19. The second-order valence-corrected chi connectivity index (χ2v) is 6.79. The molecule has 4 rings (SSSR count). The summed E-state index contributed by atoms with van der Waals surface area (Å²) in [5.41, 5.74) is 10.9. The highest BCUT2D eigenvalue weighted by Crippen LogP contribution is 2.21. The van der Waals surface area contributed by atoms with Gasteiger partial charge in [-0.25, -0.2) is 9.37 Å². The van der Waals surface area contributed by atoms with E-state index in [4.69, 9.17) is 11.5 Å². The number of nitrogens with one attached hydrogen (secondary N) is 1. The zero-order chi connectivity index (χ0) is 23.5. The summed E-state index contributed by atoms with van der Waals surface area (Å²) in [7, 11) is 0. The first kappa shape index (κ1) is 21.1. The molecule has 12 heteroatoms. The van der Waals surface area contributed by atoms with Crippen LogP contribution in [0, 0.1) is 28.5 Å². The van der Waals surface area contributed by atoms with Crippen molar-refractivity contribution >= 4 is 28.5 Å². The fraction of sp³-hybridized carbons (Fsp3) is 0.0952. The molecule has 4 aromatic rings. The van der Waals surface area contributed by atoms with Gasteiger partial charge in [-0.1, -0.05) is 0 Å². The number of anilines is 3. The predicted octanol–water partition coefficient (Wildman–Crippen LogP) is 1.27. The van der Waals surface area contributed by atoms with Gasteiger partial charge in [0.05, 0.1) is 22.8 Å². The lowest BCUT2D eigenvalue weighted by Crippen LogP contribution is -2.26. The van der Waals surface area contributed by atoms with Gasteiger partial charge in [-0.3, -0.25) is 14.3 Å². The van der Waals surface area contributed by atoms with E-state index in [-0.39, 0.29) is 58.4 Å². The molecule has 0 aliphatic rings. The van der Waals surface area contributed by atoms with Crippen LogP contribution in [0.4, 0.5) is 22.0 Å². The van der Waals surface area contributed by atoms with Gasteiger partial charge in [-0.2, -0.15) is 20.5 Å². The third-order valence-corrected chi connectivity index (χ3v) is 4.78. The van der Waals surface area contributed by atoms with E-state index in [1.165, 1.54) is 23.0 Å². The number of halogens is 1. The number of nitrogens with two attached hydrogens (primary N) is 2. The van der Waals surface area contributed by atoms with Gasteiger partial charge >= 0.3 is 0 Å². The summed E-state index contributed by atoms with van der Waals surface area (Å²) in [6.07, 6.45) is 3.11. The van der Waals surface area contributed by atoms with E-state index >= 15 is 0 Å². The average molecular weight is 442 g/mol. The lowest BCUT2D eigenvalue weighted by atomic mass is 10.1. The zero-order valence-electron chi connectivity index (χ0n) is 16.9. The number of fused-ring (bicyclic) bond motifs is 1. The molecule has 3 heterocycles. The number of hydrogen-bond acceptors (Lipinski definition) is 10. The maximum absolute atomic E-state index is 14.5. The van der Waals surface area contributed by atoms with E-state index in [2.05, 4.69) is 25.3 Å². The molecule has 0 aliphatic heterocycles.